The number of halogens is 3. The number of piperazine rings is 1. The van der Waals surface area contributed by atoms with Crippen LogP contribution in [0, 0.1) is 0 Å². The molecule has 1 saturated heterocycles. The molecular formula is C16H28Cl2FN3O. The van der Waals surface area contributed by atoms with Gasteiger partial charge in [-0.05, 0) is 19.9 Å². The second-order valence-corrected chi connectivity index (χ2v) is 5.37. The number of nitrogens with one attached hydrogen (secondary N) is 1. The van der Waals surface area contributed by atoms with Crippen molar-refractivity contribution in [2.24, 2.45) is 0 Å². The monoisotopic (exact) mass is 367 g/mol. The first-order valence-electron chi connectivity index (χ1n) is 7.79. The molecule has 134 valence electrons. The van der Waals surface area contributed by atoms with Crippen LogP contribution in [0.2, 0.25) is 0 Å². The van der Waals surface area contributed by atoms with Gasteiger partial charge in [-0.2, -0.15) is 0 Å². The predicted octanol–water partition coefficient (Wildman–Crippen LogP) is 3.00. The zero-order chi connectivity index (χ0) is 15.2. The molecule has 1 atom stereocenters. The molecule has 0 radical (unpaired) electrons. The largest absolute Gasteiger partial charge is 0.508 e. The summed E-state index contributed by atoms with van der Waals surface area (Å²) in [6, 6.07) is 5.26. The minimum Gasteiger partial charge on any atom is -0.508 e. The molecule has 0 saturated carbocycles. The molecule has 0 spiro atoms. The van der Waals surface area contributed by atoms with Crippen molar-refractivity contribution in [2.75, 3.05) is 50.8 Å². The molecule has 1 aliphatic heterocycles. The van der Waals surface area contributed by atoms with Gasteiger partial charge in [-0.1, -0.05) is 6.07 Å². The van der Waals surface area contributed by atoms with Crippen LogP contribution in [0.4, 0.5) is 10.1 Å². The van der Waals surface area contributed by atoms with Crippen molar-refractivity contribution < 1.29 is 9.50 Å². The zero-order valence-electron chi connectivity index (χ0n) is 13.8. The predicted molar refractivity (Wildman–Crippen MR) is 99.3 cm³/mol. The van der Waals surface area contributed by atoms with Crippen molar-refractivity contribution in [2.45, 2.75) is 19.9 Å². The number of hydrogen-bond acceptors (Lipinski definition) is 4. The quantitative estimate of drug-likeness (QED) is 0.810. The zero-order valence-corrected chi connectivity index (χ0v) is 15.4. The number of rotatable bonds is 6. The Morgan fingerprint density at radius 2 is 1.83 bits per heavy atom. The molecule has 1 heterocycles. The highest BCUT2D eigenvalue weighted by Crippen LogP contribution is 2.32. The van der Waals surface area contributed by atoms with E-state index < -0.39 is 6.67 Å². The normalized spacial score (nSPS) is 16.1. The molecule has 1 aromatic rings. The first kappa shape index (κ1) is 22.2. The second-order valence-electron chi connectivity index (χ2n) is 5.37. The molecule has 7 heteroatoms. The van der Waals surface area contributed by atoms with Gasteiger partial charge in [-0.25, -0.2) is 4.39 Å². The van der Waals surface area contributed by atoms with Gasteiger partial charge in [0.1, 0.15) is 12.4 Å². The number of phenols is 1. The Balaban J connectivity index is 0.00000242. The van der Waals surface area contributed by atoms with Crippen molar-refractivity contribution in [3.05, 3.63) is 23.8 Å². The van der Waals surface area contributed by atoms with Gasteiger partial charge in [0.25, 0.3) is 0 Å². The third kappa shape index (κ3) is 5.38. The topological polar surface area (TPSA) is 38.7 Å². The SMILES string of the molecule is CCN(CC)c1ccc([C@@H](CF)N2CCNCC2)c(O)c1.Cl.Cl. The highest BCUT2D eigenvalue weighted by molar-refractivity contribution is 5.85. The van der Waals surface area contributed by atoms with E-state index in [1.54, 1.807) is 6.07 Å². The van der Waals surface area contributed by atoms with Crippen LogP contribution in [0.1, 0.15) is 25.5 Å². The van der Waals surface area contributed by atoms with E-state index >= 15 is 0 Å². The average Bonchev–Trinajstić information content (AvgIpc) is 2.52. The van der Waals surface area contributed by atoms with E-state index in [0.29, 0.717) is 5.56 Å². The van der Waals surface area contributed by atoms with Gasteiger partial charge in [0, 0.05) is 56.6 Å². The number of anilines is 1. The van der Waals surface area contributed by atoms with Gasteiger partial charge in [-0.15, -0.1) is 24.8 Å². The number of aromatic hydroxyl groups is 1. The van der Waals surface area contributed by atoms with Crippen LogP contribution in [0.15, 0.2) is 18.2 Å². The fraction of sp³-hybridized carbons (Fsp3) is 0.625. The molecule has 1 fully saturated rings. The smallest absolute Gasteiger partial charge is 0.122 e. The number of alkyl halides is 1. The summed E-state index contributed by atoms with van der Waals surface area (Å²) >= 11 is 0. The summed E-state index contributed by atoms with van der Waals surface area (Å²) in [5, 5.41) is 13.6. The molecule has 2 rings (SSSR count). The Labute approximate surface area is 150 Å². The highest BCUT2D eigenvalue weighted by atomic mass is 35.5. The lowest BCUT2D eigenvalue weighted by Crippen LogP contribution is -2.45. The van der Waals surface area contributed by atoms with Crippen molar-refractivity contribution >= 4 is 30.5 Å². The molecule has 0 aliphatic carbocycles. The summed E-state index contributed by atoms with van der Waals surface area (Å²) in [5.41, 5.74) is 1.68. The van der Waals surface area contributed by atoms with Gasteiger partial charge >= 0.3 is 0 Å². The lowest BCUT2D eigenvalue weighted by atomic mass is 10.0. The van der Waals surface area contributed by atoms with Crippen LogP contribution < -0.4 is 10.2 Å². The molecule has 0 unspecified atom stereocenters. The molecule has 1 aromatic carbocycles. The van der Waals surface area contributed by atoms with Crippen LogP contribution in [-0.4, -0.2) is 55.9 Å². The molecule has 23 heavy (non-hydrogen) atoms. The van der Waals surface area contributed by atoms with Gasteiger partial charge in [0.2, 0.25) is 0 Å². The minimum atomic E-state index is -0.474. The maximum Gasteiger partial charge on any atom is 0.122 e. The Bertz CT molecular complexity index is 455. The molecule has 0 amide bonds. The number of hydrogen-bond donors (Lipinski definition) is 2. The van der Waals surface area contributed by atoms with Crippen LogP contribution in [0.25, 0.3) is 0 Å². The summed E-state index contributed by atoms with van der Waals surface area (Å²) in [4.78, 5) is 4.27. The maximum absolute atomic E-state index is 13.5. The molecule has 2 N–H and O–H groups in total. The fourth-order valence-electron chi connectivity index (χ4n) is 2.97. The van der Waals surface area contributed by atoms with E-state index in [4.69, 9.17) is 0 Å². The Hall–Kier alpha value is -0.750. The molecule has 0 aromatic heterocycles. The standard InChI is InChI=1S/C16H26FN3O.2ClH/c1-3-19(4-2)13-5-6-14(16(21)11-13)15(12-17)20-9-7-18-8-10-20;;/h5-6,11,15,18,21H,3-4,7-10,12H2,1-2H3;2*1H/t15-;;/m1../s1. The molecule has 0 bridgehead atoms. The fourth-order valence-corrected chi connectivity index (χ4v) is 2.97. The lowest BCUT2D eigenvalue weighted by Gasteiger charge is -2.34. The van der Waals surface area contributed by atoms with E-state index in [1.807, 2.05) is 12.1 Å². The molecule has 4 nitrogen and oxygen atoms in total. The summed E-state index contributed by atoms with van der Waals surface area (Å²) in [5.74, 6) is 0.195. The van der Waals surface area contributed by atoms with Gasteiger partial charge < -0.3 is 15.3 Å². The number of phenolic OH excluding ortho intramolecular Hbond substituents is 1. The summed E-state index contributed by atoms with van der Waals surface area (Å²) in [7, 11) is 0. The lowest BCUT2D eigenvalue weighted by molar-refractivity contribution is 0.145. The summed E-state index contributed by atoms with van der Waals surface area (Å²) in [6.07, 6.45) is 0. The van der Waals surface area contributed by atoms with Crippen LogP contribution in [0.3, 0.4) is 0 Å². The first-order chi connectivity index (χ1) is 10.2. The van der Waals surface area contributed by atoms with E-state index in [2.05, 4.69) is 29.0 Å². The minimum absolute atomic E-state index is 0. The second kappa shape index (κ2) is 10.9. The number of nitrogens with zero attached hydrogens (tertiary/aromatic N) is 2. The van der Waals surface area contributed by atoms with Crippen molar-refractivity contribution in [3.63, 3.8) is 0 Å². The van der Waals surface area contributed by atoms with Gasteiger partial charge in [-0.3, -0.25) is 4.90 Å². The van der Waals surface area contributed by atoms with Crippen LogP contribution in [-0.2, 0) is 0 Å². The van der Waals surface area contributed by atoms with Crippen molar-refractivity contribution in [1.29, 1.82) is 0 Å². The van der Waals surface area contributed by atoms with E-state index in [1.165, 1.54) is 0 Å². The van der Waals surface area contributed by atoms with E-state index in [-0.39, 0.29) is 36.6 Å². The Morgan fingerprint density at radius 3 is 2.30 bits per heavy atom. The van der Waals surface area contributed by atoms with Gasteiger partial charge in [0.15, 0.2) is 0 Å². The average molecular weight is 368 g/mol. The van der Waals surface area contributed by atoms with E-state index in [0.717, 1.165) is 45.0 Å². The van der Waals surface area contributed by atoms with Crippen LogP contribution >= 0.6 is 24.8 Å². The van der Waals surface area contributed by atoms with E-state index in [9.17, 15) is 9.50 Å². The first-order valence-corrected chi connectivity index (χ1v) is 7.79. The third-order valence-electron chi connectivity index (χ3n) is 4.24. The van der Waals surface area contributed by atoms with Crippen molar-refractivity contribution in [1.82, 2.24) is 10.2 Å². The third-order valence-corrected chi connectivity index (χ3v) is 4.24. The van der Waals surface area contributed by atoms with Gasteiger partial charge in [0.05, 0.1) is 6.04 Å². The van der Waals surface area contributed by atoms with Crippen molar-refractivity contribution in [3.8, 4) is 5.75 Å². The number of benzene rings is 1. The Kier molecular flexibility index (Phi) is 10.6. The Morgan fingerprint density at radius 1 is 1.22 bits per heavy atom. The summed E-state index contributed by atoms with van der Waals surface area (Å²) in [6.45, 7) is 8.83. The molecule has 1 aliphatic rings. The molecular weight excluding hydrogens is 340 g/mol. The highest BCUT2D eigenvalue weighted by Gasteiger charge is 2.24. The van der Waals surface area contributed by atoms with Crippen LogP contribution in [0.5, 0.6) is 5.75 Å². The summed E-state index contributed by atoms with van der Waals surface area (Å²) < 4.78 is 13.5. The maximum atomic E-state index is 13.5.